The van der Waals surface area contributed by atoms with Gasteiger partial charge in [-0.3, -0.25) is 4.99 Å². The fourth-order valence-electron chi connectivity index (χ4n) is 1.48. The van der Waals surface area contributed by atoms with E-state index in [9.17, 15) is 0 Å². The quantitative estimate of drug-likeness (QED) is 0.656. The van der Waals surface area contributed by atoms with Gasteiger partial charge in [-0.15, -0.1) is 11.8 Å². The molecule has 1 N–H and O–H groups in total. The zero-order valence-electron chi connectivity index (χ0n) is 9.99. The first-order valence-corrected chi connectivity index (χ1v) is 6.80. The van der Waals surface area contributed by atoms with Gasteiger partial charge in [0.25, 0.3) is 0 Å². The van der Waals surface area contributed by atoms with Crippen molar-refractivity contribution in [2.24, 2.45) is 4.99 Å². The monoisotopic (exact) mass is 257 g/mol. The minimum atomic E-state index is 0.207. The normalized spacial score (nSPS) is 10.9. The minimum Gasteiger partial charge on any atom is -0.396 e. The number of aliphatic imine (C=N–C) groups is 1. The second-order valence-corrected chi connectivity index (χ2v) is 4.90. The summed E-state index contributed by atoms with van der Waals surface area (Å²) < 4.78 is 0. The van der Waals surface area contributed by atoms with Gasteiger partial charge < -0.3 is 5.11 Å². The summed E-state index contributed by atoms with van der Waals surface area (Å²) in [5.74, 6) is 0.729. The van der Waals surface area contributed by atoms with Crippen molar-refractivity contribution >= 4 is 23.7 Å². The van der Waals surface area contributed by atoms with E-state index in [0.29, 0.717) is 0 Å². The summed E-state index contributed by atoms with van der Waals surface area (Å²) in [6.45, 7) is 0.207. The molecule has 0 aliphatic rings. The van der Waals surface area contributed by atoms with Gasteiger partial charge in [0.15, 0.2) is 0 Å². The first-order valence-electron chi connectivity index (χ1n) is 5.81. The van der Waals surface area contributed by atoms with E-state index in [2.05, 4.69) is 4.99 Å². The first kappa shape index (κ1) is 12.9. The van der Waals surface area contributed by atoms with E-state index >= 15 is 0 Å². The molecule has 0 atom stereocenters. The molecule has 18 heavy (non-hydrogen) atoms. The summed E-state index contributed by atoms with van der Waals surface area (Å²) >= 11 is 1.64. The Morgan fingerprint density at radius 1 is 1.00 bits per heavy atom. The topological polar surface area (TPSA) is 32.6 Å². The van der Waals surface area contributed by atoms with E-state index in [1.807, 2.05) is 60.8 Å². The van der Waals surface area contributed by atoms with Gasteiger partial charge in [-0.25, -0.2) is 0 Å². The highest BCUT2D eigenvalue weighted by atomic mass is 32.2. The van der Waals surface area contributed by atoms with Crippen molar-refractivity contribution in [2.45, 2.75) is 4.90 Å². The van der Waals surface area contributed by atoms with Crippen molar-refractivity contribution in [1.29, 1.82) is 0 Å². The van der Waals surface area contributed by atoms with Crippen LogP contribution < -0.4 is 0 Å². The Morgan fingerprint density at radius 3 is 2.39 bits per heavy atom. The van der Waals surface area contributed by atoms with Gasteiger partial charge in [-0.2, -0.15) is 0 Å². The van der Waals surface area contributed by atoms with E-state index < -0.39 is 0 Å². The zero-order chi connectivity index (χ0) is 12.6. The van der Waals surface area contributed by atoms with Crippen LogP contribution in [0.15, 0.2) is 64.5 Å². The number of thioether (sulfide) groups is 1. The third-order valence-corrected chi connectivity index (χ3v) is 3.35. The van der Waals surface area contributed by atoms with Crippen LogP contribution in [0.1, 0.15) is 5.56 Å². The largest absolute Gasteiger partial charge is 0.396 e. The molecular weight excluding hydrogens is 242 g/mol. The molecule has 2 nitrogen and oxygen atoms in total. The van der Waals surface area contributed by atoms with Crippen LogP contribution in [0.5, 0.6) is 0 Å². The number of aliphatic hydroxyl groups excluding tert-OH is 1. The molecule has 0 amide bonds. The summed E-state index contributed by atoms with van der Waals surface area (Å²) in [5, 5.41) is 8.75. The van der Waals surface area contributed by atoms with Gasteiger partial charge in [0, 0.05) is 16.9 Å². The molecule has 2 rings (SSSR count). The Balaban J connectivity index is 2.00. The molecule has 0 unspecified atom stereocenters. The fraction of sp³-hybridized carbons (Fsp3) is 0.133. The highest BCUT2D eigenvalue weighted by molar-refractivity contribution is 7.99. The molecule has 3 heteroatoms. The van der Waals surface area contributed by atoms with Gasteiger partial charge in [0.2, 0.25) is 0 Å². The van der Waals surface area contributed by atoms with Crippen molar-refractivity contribution < 1.29 is 5.11 Å². The Hall–Kier alpha value is -1.58. The molecule has 2 aromatic rings. The molecule has 92 valence electrons. The molecule has 0 fully saturated rings. The predicted octanol–water partition coefficient (Wildman–Crippen LogP) is 3.52. The van der Waals surface area contributed by atoms with Crippen molar-refractivity contribution in [3.05, 3.63) is 60.2 Å². The van der Waals surface area contributed by atoms with Crippen molar-refractivity contribution in [2.75, 3.05) is 12.4 Å². The first-order chi connectivity index (χ1) is 8.88. The summed E-state index contributed by atoms with van der Waals surface area (Å²) in [5.41, 5.74) is 2.03. The number of benzene rings is 2. The molecule has 0 aromatic heterocycles. The number of hydrogen-bond donors (Lipinski definition) is 1. The van der Waals surface area contributed by atoms with Crippen LogP contribution in [0.3, 0.4) is 0 Å². The van der Waals surface area contributed by atoms with E-state index in [4.69, 9.17) is 5.11 Å². The van der Waals surface area contributed by atoms with Crippen LogP contribution in [0.25, 0.3) is 0 Å². The van der Waals surface area contributed by atoms with Gasteiger partial charge in [0.1, 0.15) is 0 Å². The summed E-state index contributed by atoms with van der Waals surface area (Å²) in [6.07, 6.45) is 1.86. The Labute approximate surface area is 111 Å². The maximum Gasteiger partial charge on any atom is 0.0630 e. The van der Waals surface area contributed by atoms with Crippen LogP contribution in [0.2, 0.25) is 0 Å². The third kappa shape index (κ3) is 4.02. The van der Waals surface area contributed by atoms with E-state index in [-0.39, 0.29) is 6.61 Å². The van der Waals surface area contributed by atoms with Crippen LogP contribution >= 0.6 is 11.8 Å². The van der Waals surface area contributed by atoms with E-state index in [0.717, 1.165) is 21.9 Å². The molecule has 0 saturated carbocycles. The minimum absolute atomic E-state index is 0.207. The Morgan fingerprint density at radius 2 is 1.72 bits per heavy atom. The van der Waals surface area contributed by atoms with Crippen molar-refractivity contribution in [3.63, 3.8) is 0 Å². The van der Waals surface area contributed by atoms with E-state index in [1.165, 1.54) is 0 Å². The maximum absolute atomic E-state index is 8.75. The Bertz CT molecular complexity index is 494. The van der Waals surface area contributed by atoms with Gasteiger partial charge in [-0.05, 0) is 29.8 Å². The van der Waals surface area contributed by atoms with Crippen molar-refractivity contribution in [1.82, 2.24) is 0 Å². The molecule has 0 bridgehead atoms. The summed E-state index contributed by atoms with van der Waals surface area (Å²) in [6, 6.07) is 18.1. The lowest BCUT2D eigenvalue weighted by atomic mass is 10.2. The van der Waals surface area contributed by atoms with E-state index in [1.54, 1.807) is 11.8 Å². The van der Waals surface area contributed by atoms with Crippen LogP contribution in [0.4, 0.5) is 5.69 Å². The second-order valence-electron chi connectivity index (χ2n) is 3.73. The summed E-state index contributed by atoms with van der Waals surface area (Å²) in [7, 11) is 0. The maximum atomic E-state index is 8.75. The SMILES string of the molecule is OCCSc1ccc(N=Cc2ccccc2)cc1. The second kappa shape index (κ2) is 6.99. The lowest BCUT2D eigenvalue weighted by molar-refractivity contribution is 0.322. The predicted molar refractivity (Wildman–Crippen MR) is 77.9 cm³/mol. The molecule has 0 aliphatic carbocycles. The molecular formula is C15H15NOS. The molecule has 0 spiro atoms. The van der Waals surface area contributed by atoms with Crippen LogP contribution in [-0.4, -0.2) is 23.7 Å². The molecule has 0 heterocycles. The lowest BCUT2D eigenvalue weighted by Crippen LogP contribution is -1.84. The number of hydrogen-bond acceptors (Lipinski definition) is 3. The smallest absolute Gasteiger partial charge is 0.0630 e. The third-order valence-electron chi connectivity index (χ3n) is 2.36. The molecule has 0 saturated heterocycles. The molecule has 0 radical (unpaired) electrons. The van der Waals surface area contributed by atoms with Gasteiger partial charge >= 0.3 is 0 Å². The van der Waals surface area contributed by atoms with Gasteiger partial charge in [-0.1, -0.05) is 30.3 Å². The highest BCUT2D eigenvalue weighted by Gasteiger charge is 1.93. The van der Waals surface area contributed by atoms with Crippen molar-refractivity contribution in [3.8, 4) is 0 Å². The molecule has 2 aromatic carbocycles. The molecule has 0 aliphatic heterocycles. The zero-order valence-corrected chi connectivity index (χ0v) is 10.8. The highest BCUT2D eigenvalue weighted by Crippen LogP contribution is 2.21. The Kier molecular flexibility index (Phi) is 5.00. The number of aliphatic hydroxyl groups is 1. The summed E-state index contributed by atoms with van der Waals surface area (Å²) in [4.78, 5) is 5.57. The van der Waals surface area contributed by atoms with Crippen LogP contribution in [0, 0.1) is 0 Å². The number of nitrogens with zero attached hydrogens (tertiary/aromatic N) is 1. The average Bonchev–Trinajstić information content (AvgIpc) is 2.45. The fourth-order valence-corrected chi connectivity index (χ4v) is 2.14. The van der Waals surface area contributed by atoms with Crippen LogP contribution in [-0.2, 0) is 0 Å². The standard InChI is InChI=1S/C15H15NOS/c17-10-11-18-15-8-6-14(7-9-15)16-12-13-4-2-1-3-5-13/h1-9,12,17H,10-11H2. The average molecular weight is 257 g/mol. The lowest BCUT2D eigenvalue weighted by Gasteiger charge is -1.99. The van der Waals surface area contributed by atoms with Gasteiger partial charge in [0.05, 0.1) is 12.3 Å². The number of rotatable bonds is 5.